The van der Waals surface area contributed by atoms with Gasteiger partial charge in [0.15, 0.2) is 0 Å². The van der Waals surface area contributed by atoms with E-state index in [0.717, 1.165) is 22.0 Å². The van der Waals surface area contributed by atoms with Crippen LogP contribution in [0.1, 0.15) is 26.5 Å². The quantitative estimate of drug-likeness (QED) is 0.827. The van der Waals surface area contributed by atoms with Crippen LogP contribution in [0.2, 0.25) is 0 Å². The lowest BCUT2D eigenvalue weighted by Crippen LogP contribution is -2.14. The van der Waals surface area contributed by atoms with E-state index in [1.807, 2.05) is 17.9 Å². The molecule has 0 saturated carbocycles. The summed E-state index contributed by atoms with van der Waals surface area (Å²) in [5, 5.41) is 5.25. The van der Waals surface area contributed by atoms with Crippen LogP contribution in [0.5, 0.6) is 0 Å². The fourth-order valence-corrected chi connectivity index (χ4v) is 2.22. The van der Waals surface area contributed by atoms with Crippen LogP contribution in [-0.4, -0.2) is 14.8 Å². The first kappa shape index (κ1) is 11.1. The minimum absolute atomic E-state index is 0.00729. The van der Waals surface area contributed by atoms with E-state index in [2.05, 4.69) is 30.9 Å². The second-order valence-electron chi connectivity index (χ2n) is 4.88. The molecule has 0 spiro atoms. The summed E-state index contributed by atoms with van der Waals surface area (Å²) in [4.78, 5) is 4.31. The molecule has 0 atom stereocenters. The van der Waals surface area contributed by atoms with Crippen molar-refractivity contribution < 1.29 is 0 Å². The summed E-state index contributed by atoms with van der Waals surface area (Å²) in [5.41, 5.74) is 10.6. The van der Waals surface area contributed by atoms with Gasteiger partial charge in [-0.1, -0.05) is 20.8 Å². The first-order valence-corrected chi connectivity index (χ1v) is 6.01. The van der Waals surface area contributed by atoms with E-state index in [4.69, 9.17) is 5.73 Å². The largest absolute Gasteiger partial charge is 0.389 e. The van der Waals surface area contributed by atoms with E-state index in [1.165, 1.54) is 11.3 Å². The number of anilines is 1. The molecule has 0 aromatic carbocycles. The number of aryl methyl sites for hydroxylation is 1. The summed E-state index contributed by atoms with van der Waals surface area (Å²) >= 11 is 1.46. The molecule has 2 heterocycles. The third-order valence-corrected chi connectivity index (χ3v) is 3.05. The normalized spacial score (nSPS) is 12.0. The molecule has 2 rings (SSSR count). The average Bonchev–Trinajstić information content (AvgIpc) is 2.70. The van der Waals surface area contributed by atoms with E-state index in [0.29, 0.717) is 0 Å². The van der Waals surface area contributed by atoms with Gasteiger partial charge in [-0.3, -0.25) is 4.68 Å². The topological polar surface area (TPSA) is 56.7 Å². The molecule has 0 radical (unpaired) electrons. The van der Waals surface area contributed by atoms with Gasteiger partial charge in [-0.15, -0.1) is 11.3 Å². The highest BCUT2D eigenvalue weighted by atomic mass is 32.1. The van der Waals surface area contributed by atoms with E-state index in [9.17, 15) is 0 Å². The lowest BCUT2D eigenvalue weighted by Gasteiger charge is -2.16. The van der Waals surface area contributed by atoms with Gasteiger partial charge in [-0.25, -0.2) is 4.98 Å². The molecule has 16 heavy (non-hydrogen) atoms. The van der Waals surface area contributed by atoms with Crippen LogP contribution in [0.4, 0.5) is 5.00 Å². The zero-order chi connectivity index (χ0) is 11.9. The first-order valence-electron chi connectivity index (χ1n) is 5.13. The minimum atomic E-state index is -0.00729. The summed E-state index contributed by atoms with van der Waals surface area (Å²) < 4.78 is 1.81. The Hall–Kier alpha value is -1.36. The van der Waals surface area contributed by atoms with Crippen LogP contribution >= 0.6 is 11.3 Å². The lowest BCUT2D eigenvalue weighted by molar-refractivity contribution is 0.554. The standard InChI is InChI=1S/C11H16N4S/c1-11(2,3)9-7(5-15(4)14-9)8-10(12)16-6-13-8/h5-6H,12H2,1-4H3. The third kappa shape index (κ3) is 1.82. The van der Waals surface area contributed by atoms with Crippen molar-refractivity contribution in [1.82, 2.24) is 14.8 Å². The number of hydrogen-bond donors (Lipinski definition) is 1. The highest BCUT2D eigenvalue weighted by Crippen LogP contribution is 2.35. The summed E-state index contributed by atoms with van der Waals surface area (Å²) in [6, 6.07) is 0. The maximum atomic E-state index is 5.91. The fourth-order valence-electron chi connectivity index (χ4n) is 1.67. The van der Waals surface area contributed by atoms with Crippen LogP contribution in [0.15, 0.2) is 11.7 Å². The molecule has 0 bridgehead atoms. The number of thiazole rings is 1. The Morgan fingerprint density at radius 2 is 2.06 bits per heavy atom. The second-order valence-corrected chi connectivity index (χ2v) is 5.77. The number of nitrogens with two attached hydrogens (primary N) is 1. The van der Waals surface area contributed by atoms with Gasteiger partial charge in [0.2, 0.25) is 0 Å². The third-order valence-electron chi connectivity index (χ3n) is 2.39. The molecule has 0 saturated heterocycles. The van der Waals surface area contributed by atoms with Gasteiger partial charge in [0, 0.05) is 24.2 Å². The summed E-state index contributed by atoms with van der Waals surface area (Å²) in [7, 11) is 1.92. The lowest BCUT2D eigenvalue weighted by atomic mass is 9.89. The van der Waals surface area contributed by atoms with Gasteiger partial charge in [0.05, 0.1) is 11.2 Å². The minimum Gasteiger partial charge on any atom is -0.389 e. The molecule has 0 amide bonds. The summed E-state index contributed by atoms with van der Waals surface area (Å²) in [6.45, 7) is 6.42. The number of hydrogen-bond acceptors (Lipinski definition) is 4. The zero-order valence-corrected chi connectivity index (χ0v) is 10.8. The molecule has 4 nitrogen and oxygen atoms in total. The van der Waals surface area contributed by atoms with Gasteiger partial charge in [0.25, 0.3) is 0 Å². The fraction of sp³-hybridized carbons (Fsp3) is 0.455. The van der Waals surface area contributed by atoms with Crippen molar-refractivity contribution >= 4 is 16.3 Å². The van der Waals surface area contributed by atoms with Crippen molar-refractivity contribution in [3.63, 3.8) is 0 Å². The Labute approximate surface area is 99.1 Å². The maximum absolute atomic E-state index is 5.91. The van der Waals surface area contributed by atoms with Gasteiger partial charge >= 0.3 is 0 Å². The number of nitrogens with zero attached hydrogens (tertiary/aromatic N) is 3. The number of aromatic nitrogens is 3. The van der Waals surface area contributed by atoms with Crippen LogP contribution in [-0.2, 0) is 12.5 Å². The predicted octanol–water partition coefficient (Wildman–Crippen LogP) is 2.42. The highest BCUT2D eigenvalue weighted by molar-refractivity contribution is 7.14. The number of nitrogen functional groups attached to an aromatic ring is 1. The van der Waals surface area contributed by atoms with Crippen molar-refractivity contribution in [2.45, 2.75) is 26.2 Å². The van der Waals surface area contributed by atoms with Gasteiger partial charge in [0.1, 0.15) is 10.7 Å². The highest BCUT2D eigenvalue weighted by Gasteiger charge is 2.24. The molecule has 0 aliphatic carbocycles. The molecule has 0 fully saturated rings. The average molecular weight is 236 g/mol. The molecular formula is C11H16N4S. The van der Waals surface area contributed by atoms with Crippen molar-refractivity contribution in [3.8, 4) is 11.3 Å². The van der Waals surface area contributed by atoms with E-state index in [-0.39, 0.29) is 5.41 Å². The van der Waals surface area contributed by atoms with Crippen LogP contribution < -0.4 is 5.73 Å². The SMILES string of the molecule is Cn1cc(-c2ncsc2N)c(C(C)(C)C)n1. The van der Waals surface area contributed by atoms with Gasteiger partial charge < -0.3 is 5.73 Å². The van der Waals surface area contributed by atoms with Crippen molar-refractivity contribution in [3.05, 3.63) is 17.4 Å². The second kappa shape index (κ2) is 3.59. The Bertz CT molecular complexity index is 504. The molecule has 5 heteroatoms. The predicted molar refractivity (Wildman–Crippen MR) is 67.4 cm³/mol. The first-order chi connectivity index (χ1) is 7.39. The monoisotopic (exact) mass is 236 g/mol. The van der Waals surface area contributed by atoms with E-state index < -0.39 is 0 Å². The molecule has 2 aromatic heterocycles. The molecular weight excluding hydrogens is 220 g/mol. The molecule has 86 valence electrons. The molecule has 0 aliphatic rings. The smallest absolute Gasteiger partial charge is 0.114 e. The maximum Gasteiger partial charge on any atom is 0.114 e. The molecule has 2 aromatic rings. The Morgan fingerprint density at radius 3 is 2.56 bits per heavy atom. The van der Waals surface area contributed by atoms with Crippen molar-refractivity contribution in [1.29, 1.82) is 0 Å². The molecule has 0 aliphatic heterocycles. The molecule has 2 N–H and O–H groups in total. The zero-order valence-electron chi connectivity index (χ0n) is 9.98. The van der Waals surface area contributed by atoms with Crippen LogP contribution in [0.25, 0.3) is 11.3 Å². The summed E-state index contributed by atoms with van der Waals surface area (Å²) in [5.74, 6) is 0. The van der Waals surface area contributed by atoms with Crippen LogP contribution in [0.3, 0.4) is 0 Å². The molecule has 0 unspecified atom stereocenters. The van der Waals surface area contributed by atoms with E-state index >= 15 is 0 Å². The van der Waals surface area contributed by atoms with E-state index in [1.54, 1.807) is 5.51 Å². The van der Waals surface area contributed by atoms with Gasteiger partial charge in [-0.05, 0) is 0 Å². The van der Waals surface area contributed by atoms with Crippen molar-refractivity contribution in [2.75, 3.05) is 5.73 Å². The Balaban J connectivity index is 2.62. The Kier molecular flexibility index (Phi) is 2.50. The van der Waals surface area contributed by atoms with Crippen LogP contribution in [0, 0.1) is 0 Å². The van der Waals surface area contributed by atoms with Gasteiger partial charge in [-0.2, -0.15) is 5.10 Å². The van der Waals surface area contributed by atoms with Crippen molar-refractivity contribution in [2.24, 2.45) is 7.05 Å². The Morgan fingerprint density at radius 1 is 1.38 bits per heavy atom. The number of rotatable bonds is 1. The summed E-state index contributed by atoms with van der Waals surface area (Å²) in [6.07, 6.45) is 1.98.